The molecule has 0 spiro atoms. The molecule has 2 rings (SSSR count). The van der Waals surface area contributed by atoms with Gasteiger partial charge in [0.15, 0.2) is 5.96 Å². The molecular weight excluding hydrogens is 290 g/mol. The molecule has 1 aromatic rings. The van der Waals surface area contributed by atoms with Crippen LogP contribution in [0, 0.1) is 13.8 Å². The van der Waals surface area contributed by atoms with Crippen LogP contribution in [0.15, 0.2) is 22.7 Å². The van der Waals surface area contributed by atoms with Gasteiger partial charge in [-0.25, -0.2) is 0 Å². The summed E-state index contributed by atoms with van der Waals surface area (Å²) in [6.07, 6.45) is 5.31. The molecule has 1 aliphatic rings. The van der Waals surface area contributed by atoms with Crippen molar-refractivity contribution in [3.63, 3.8) is 0 Å². The summed E-state index contributed by atoms with van der Waals surface area (Å²) in [4.78, 5) is 4.26. The Morgan fingerprint density at radius 1 is 1.35 bits per heavy atom. The van der Waals surface area contributed by atoms with Gasteiger partial charge in [-0.2, -0.15) is 5.10 Å². The van der Waals surface area contributed by atoms with Crippen molar-refractivity contribution < 1.29 is 4.74 Å². The third-order valence-electron chi connectivity index (χ3n) is 3.96. The quantitative estimate of drug-likeness (QED) is 0.348. The zero-order valence-electron chi connectivity index (χ0n) is 14.6. The molecule has 0 aromatic carbocycles. The lowest BCUT2D eigenvalue weighted by atomic mass is 10.1. The summed E-state index contributed by atoms with van der Waals surface area (Å²) in [6.45, 7) is 8.45. The van der Waals surface area contributed by atoms with Crippen LogP contribution in [0.2, 0.25) is 0 Å². The fraction of sp³-hybridized carbons (Fsp3) is 0.647. The van der Waals surface area contributed by atoms with Crippen molar-refractivity contribution in [2.24, 2.45) is 4.99 Å². The van der Waals surface area contributed by atoms with Crippen molar-refractivity contribution >= 4 is 5.96 Å². The molecule has 1 aromatic heterocycles. The first-order chi connectivity index (χ1) is 11.2. The largest absolute Gasteiger partial charge is 0.377 e. The van der Waals surface area contributed by atoms with E-state index in [1.165, 1.54) is 11.3 Å². The summed E-state index contributed by atoms with van der Waals surface area (Å²) >= 11 is 0. The Balaban J connectivity index is 1.61. The van der Waals surface area contributed by atoms with E-state index in [1.807, 2.05) is 14.0 Å². The molecule has 0 fully saturated rings. The normalized spacial score (nSPS) is 15.4. The molecule has 2 N–H and O–H groups in total. The number of hydrogen-bond donors (Lipinski definition) is 2. The van der Waals surface area contributed by atoms with Gasteiger partial charge in [-0.15, -0.1) is 0 Å². The van der Waals surface area contributed by atoms with Gasteiger partial charge in [0.25, 0.3) is 0 Å². The fourth-order valence-electron chi connectivity index (χ4n) is 2.69. The first kappa shape index (κ1) is 17.5. The number of aliphatic imine (C=N–C) groups is 1. The summed E-state index contributed by atoms with van der Waals surface area (Å²) < 4.78 is 7.38. The van der Waals surface area contributed by atoms with Crippen molar-refractivity contribution in [3.8, 4) is 0 Å². The molecule has 1 aliphatic heterocycles. The number of rotatable bonds is 7. The third kappa shape index (κ3) is 6.06. The minimum atomic E-state index is 0.759. The Labute approximate surface area is 139 Å². The van der Waals surface area contributed by atoms with Gasteiger partial charge in [0, 0.05) is 32.4 Å². The van der Waals surface area contributed by atoms with Crippen molar-refractivity contribution in [1.29, 1.82) is 0 Å². The van der Waals surface area contributed by atoms with Crippen molar-refractivity contribution in [1.82, 2.24) is 20.4 Å². The second kappa shape index (κ2) is 9.35. The monoisotopic (exact) mass is 319 g/mol. The number of nitrogens with zero attached hydrogens (tertiary/aromatic N) is 3. The van der Waals surface area contributed by atoms with Crippen molar-refractivity contribution in [3.05, 3.63) is 29.1 Å². The number of aryl methyl sites for hydroxylation is 3. The number of aromatic nitrogens is 2. The van der Waals surface area contributed by atoms with Gasteiger partial charge >= 0.3 is 0 Å². The highest BCUT2D eigenvalue weighted by molar-refractivity contribution is 5.79. The van der Waals surface area contributed by atoms with Gasteiger partial charge in [0.1, 0.15) is 0 Å². The maximum absolute atomic E-state index is 5.32. The first-order valence-corrected chi connectivity index (χ1v) is 8.40. The molecular formula is C17H29N5O. The minimum Gasteiger partial charge on any atom is -0.377 e. The van der Waals surface area contributed by atoms with Gasteiger partial charge < -0.3 is 15.4 Å². The Morgan fingerprint density at radius 2 is 2.17 bits per heavy atom. The zero-order valence-corrected chi connectivity index (χ0v) is 14.6. The van der Waals surface area contributed by atoms with Crippen LogP contribution in [0.4, 0.5) is 0 Å². The predicted molar refractivity (Wildman–Crippen MR) is 93.8 cm³/mol. The molecule has 2 heterocycles. The summed E-state index contributed by atoms with van der Waals surface area (Å²) in [7, 11) is 1.81. The van der Waals surface area contributed by atoms with E-state index in [4.69, 9.17) is 4.74 Å². The molecule has 128 valence electrons. The van der Waals surface area contributed by atoms with E-state index < -0.39 is 0 Å². The van der Waals surface area contributed by atoms with E-state index in [0.29, 0.717) is 0 Å². The Hall–Kier alpha value is -1.82. The number of hydrogen-bond acceptors (Lipinski definition) is 3. The van der Waals surface area contributed by atoms with Crippen LogP contribution in [0.25, 0.3) is 0 Å². The summed E-state index contributed by atoms with van der Waals surface area (Å²) in [5.41, 5.74) is 3.77. The van der Waals surface area contributed by atoms with Crippen molar-refractivity contribution in [2.45, 2.75) is 39.7 Å². The third-order valence-corrected chi connectivity index (χ3v) is 3.96. The van der Waals surface area contributed by atoms with Crippen LogP contribution in [0.1, 0.15) is 30.7 Å². The number of nitrogens with one attached hydrogen (secondary N) is 2. The second-order valence-electron chi connectivity index (χ2n) is 5.87. The molecule has 0 aliphatic carbocycles. The molecule has 0 radical (unpaired) electrons. The molecule has 0 bridgehead atoms. The lowest BCUT2D eigenvalue weighted by molar-refractivity contribution is 0.153. The zero-order chi connectivity index (χ0) is 16.5. The second-order valence-corrected chi connectivity index (χ2v) is 5.87. The Kier molecular flexibility index (Phi) is 7.13. The van der Waals surface area contributed by atoms with Crippen LogP contribution in [-0.4, -0.2) is 49.1 Å². The van der Waals surface area contributed by atoms with Gasteiger partial charge in [-0.1, -0.05) is 11.6 Å². The maximum Gasteiger partial charge on any atom is 0.190 e. The average molecular weight is 319 g/mol. The smallest absolute Gasteiger partial charge is 0.190 e. The molecule has 6 nitrogen and oxygen atoms in total. The van der Waals surface area contributed by atoms with Gasteiger partial charge in [-0.05, 0) is 39.2 Å². The van der Waals surface area contributed by atoms with E-state index in [2.05, 4.69) is 44.5 Å². The summed E-state index contributed by atoms with van der Waals surface area (Å²) in [5, 5.41) is 11.2. The van der Waals surface area contributed by atoms with Crippen molar-refractivity contribution in [2.75, 3.05) is 33.4 Å². The highest BCUT2D eigenvalue weighted by Crippen LogP contribution is 2.10. The maximum atomic E-state index is 5.32. The lowest BCUT2D eigenvalue weighted by Gasteiger charge is -2.15. The summed E-state index contributed by atoms with van der Waals surface area (Å²) in [6, 6.07) is 2.11. The molecule has 0 atom stereocenters. The Morgan fingerprint density at radius 3 is 2.83 bits per heavy atom. The lowest BCUT2D eigenvalue weighted by Crippen LogP contribution is -2.38. The SMILES string of the molecule is CN=C(NCCCn1nc(C)cc1C)NCCC1=CCOCC1. The van der Waals surface area contributed by atoms with Crippen LogP contribution in [0.5, 0.6) is 0 Å². The molecule has 0 amide bonds. The molecule has 0 saturated heterocycles. The topological polar surface area (TPSA) is 63.5 Å². The Bertz CT molecular complexity index is 547. The van der Waals surface area contributed by atoms with E-state index >= 15 is 0 Å². The van der Waals surface area contributed by atoms with E-state index in [-0.39, 0.29) is 0 Å². The first-order valence-electron chi connectivity index (χ1n) is 8.40. The predicted octanol–water partition coefficient (Wildman–Crippen LogP) is 1.79. The fourth-order valence-corrected chi connectivity index (χ4v) is 2.69. The van der Waals surface area contributed by atoms with Crippen LogP contribution in [0.3, 0.4) is 0 Å². The van der Waals surface area contributed by atoms with E-state index in [1.54, 1.807) is 0 Å². The van der Waals surface area contributed by atoms with Crippen LogP contribution >= 0.6 is 0 Å². The standard InChI is InChI=1S/C17H29N5O/c1-14-13-15(2)22(21-14)10-4-8-19-17(18-3)20-9-5-16-6-11-23-12-7-16/h6,13H,4-5,7-12H2,1-3H3,(H2,18,19,20). The average Bonchev–Trinajstić information content (AvgIpc) is 2.88. The molecule has 6 heteroatoms. The summed E-state index contributed by atoms with van der Waals surface area (Å²) in [5.74, 6) is 0.867. The highest BCUT2D eigenvalue weighted by Gasteiger charge is 2.04. The van der Waals surface area contributed by atoms with E-state index in [9.17, 15) is 0 Å². The van der Waals surface area contributed by atoms with Gasteiger partial charge in [0.2, 0.25) is 0 Å². The van der Waals surface area contributed by atoms with Crippen LogP contribution < -0.4 is 10.6 Å². The minimum absolute atomic E-state index is 0.759. The highest BCUT2D eigenvalue weighted by atomic mass is 16.5. The number of guanidine groups is 1. The molecule has 0 saturated carbocycles. The van der Waals surface area contributed by atoms with Crippen LogP contribution in [-0.2, 0) is 11.3 Å². The van der Waals surface area contributed by atoms with Gasteiger partial charge in [0.05, 0.1) is 18.9 Å². The van der Waals surface area contributed by atoms with Gasteiger partial charge in [-0.3, -0.25) is 9.67 Å². The molecule has 0 unspecified atom stereocenters. The van der Waals surface area contributed by atoms with E-state index in [0.717, 1.165) is 63.8 Å². The number of ether oxygens (including phenoxy) is 1. The molecule has 23 heavy (non-hydrogen) atoms.